The molecule has 0 aliphatic carbocycles. The van der Waals surface area contributed by atoms with Crippen LogP contribution in [-0.4, -0.2) is 81.0 Å². The zero-order valence-electron chi connectivity index (χ0n) is 15.5. The van der Waals surface area contributed by atoms with Gasteiger partial charge in [0.05, 0.1) is 20.8 Å². The molecule has 160 valence electrons. The Kier molecular flexibility index (Phi) is 12.8. The second-order valence-electron chi connectivity index (χ2n) is 6.02. The van der Waals surface area contributed by atoms with Gasteiger partial charge in [0.25, 0.3) is 11.8 Å². The number of methoxy groups -OCH3 is 2. The van der Waals surface area contributed by atoms with Gasteiger partial charge in [0, 0.05) is 51.9 Å². The molecule has 1 N–H and O–H groups in total. The first kappa shape index (κ1) is 26.1. The van der Waals surface area contributed by atoms with Crippen molar-refractivity contribution >= 4 is 27.9 Å². The molecule has 0 aromatic heterocycles. The molecule has 2 fully saturated rings. The monoisotopic (exact) mass is 466 g/mol. The molecular formula is C16H27BrF4N2O4. The van der Waals surface area contributed by atoms with Gasteiger partial charge in [-0.05, 0) is 0 Å². The topological polar surface area (TPSA) is 67.9 Å². The quantitative estimate of drug-likeness (QED) is 0.391. The van der Waals surface area contributed by atoms with Gasteiger partial charge < -0.3 is 14.8 Å². The molecule has 2 aliphatic heterocycles. The number of alkyl halides is 5. The van der Waals surface area contributed by atoms with Crippen LogP contribution in [0.2, 0.25) is 0 Å². The van der Waals surface area contributed by atoms with Crippen molar-refractivity contribution in [2.75, 3.05) is 52.3 Å². The minimum Gasteiger partial charge on any atom is -0.468 e. The Morgan fingerprint density at radius 2 is 1.37 bits per heavy atom. The molecule has 0 aromatic rings. The van der Waals surface area contributed by atoms with E-state index >= 15 is 0 Å². The maximum atomic E-state index is 12.7. The number of piperidine rings is 2. The van der Waals surface area contributed by atoms with Crippen molar-refractivity contribution in [1.29, 1.82) is 0 Å². The van der Waals surface area contributed by atoms with Crippen LogP contribution in [0.1, 0.15) is 25.7 Å². The van der Waals surface area contributed by atoms with Gasteiger partial charge in [0.1, 0.15) is 5.33 Å². The largest absolute Gasteiger partial charge is 0.468 e. The predicted octanol–water partition coefficient (Wildman–Crippen LogP) is 2.45. The minimum absolute atomic E-state index is 0.00694. The van der Waals surface area contributed by atoms with Crippen molar-refractivity contribution in [2.45, 2.75) is 37.5 Å². The average molecular weight is 467 g/mol. The van der Waals surface area contributed by atoms with Crippen LogP contribution in [0.25, 0.3) is 0 Å². The van der Waals surface area contributed by atoms with Gasteiger partial charge in [-0.1, -0.05) is 15.9 Å². The van der Waals surface area contributed by atoms with Crippen molar-refractivity contribution < 1.29 is 36.6 Å². The van der Waals surface area contributed by atoms with E-state index in [1.165, 1.54) is 14.2 Å². The number of esters is 2. The first-order valence-corrected chi connectivity index (χ1v) is 9.55. The van der Waals surface area contributed by atoms with Crippen LogP contribution in [0.4, 0.5) is 17.6 Å². The summed E-state index contributed by atoms with van der Waals surface area (Å²) in [5, 5.41) is 3.14. The van der Waals surface area contributed by atoms with Crippen molar-refractivity contribution in [2.24, 2.45) is 0 Å². The fourth-order valence-electron chi connectivity index (χ4n) is 2.13. The molecule has 2 aliphatic rings. The first-order chi connectivity index (χ1) is 12.5. The molecule has 0 amide bonds. The van der Waals surface area contributed by atoms with Gasteiger partial charge in [-0.2, -0.15) is 0 Å². The highest BCUT2D eigenvalue weighted by Gasteiger charge is 2.34. The number of nitrogens with zero attached hydrogens (tertiary/aromatic N) is 1. The molecule has 2 rings (SSSR count). The molecule has 0 bridgehead atoms. The second kappa shape index (κ2) is 13.3. The van der Waals surface area contributed by atoms with Crippen LogP contribution >= 0.6 is 15.9 Å². The Balaban J connectivity index is 0.000000413. The van der Waals surface area contributed by atoms with E-state index in [2.05, 4.69) is 30.7 Å². The number of carbonyl (C=O) groups excluding carboxylic acids is 2. The normalized spacial score (nSPS) is 20.9. The second-order valence-corrected chi connectivity index (χ2v) is 6.58. The lowest BCUT2D eigenvalue weighted by Gasteiger charge is -2.30. The molecule has 27 heavy (non-hydrogen) atoms. The number of halogens is 5. The highest BCUT2D eigenvalue weighted by atomic mass is 79.9. The summed E-state index contributed by atoms with van der Waals surface area (Å²) in [6, 6.07) is 0. The average Bonchev–Trinajstić information content (AvgIpc) is 2.63. The van der Waals surface area contributed by atoms with Crippen molar-refractivity contribution in [3.63, 3.8) is 0 Å². The lowest BCUT2D eigenvalue weighted by atomic mass is 10.1. The number of nitrogens with one attached hydrogen (secondary N) is 1. The third-order valence-electron chi connectivity index (χ3n) is 3.84. The summed E-state index contributed by atoms with van der Waals surface area (Å²) in [5.41, 5.74) is 0. The molecule has 2 heterocycles. The Bertz CT molecular complexity index is 432. The van der Waals surface area contributed by atoms with Crippen molar-refractivity contribution in [1.82, 2.24) is 10.2 Å². The molecule has 0 radical (unpaired) electrons. The summed E-state index contributed by atoms with van der Waals surface area (Å²) >= 11 is 2.90. The molecule has 0 atom stereocenters. The highest BCUT2D eigenvalue weighted by molar-refractivity contribution is 9.09. The van der Waals surface area contributed by atoms with Crippen molar-refractivity contribution in [3.8, 4) is 0 Å². The summed E-state index contributed by atoms with van der Waals surface area (Å²) in [6.07, 6.45) is -0.312. The molecule has 0 spiro atoms. The molecule has 0 aromatic carbocycles. The molecule has 6 nitrogen and oxygen atoms in total. The van der Waals surface area contributed by atoms with E-state index in [0.29, 0.717) is 13.1 Å². The van der Waals surface area contributed by atoms with Gasteiger partial charge in [0.2, 0.25) is 0 Å². The molecule has 0 saturated carbocycles. The number of carbonyl (C=O) groups is 2. The Hall–Kier alpha value is -0.940. The van der Waals surface area contributed by atoms with Crippen LogP contribution in [0, 0.1) is 0 Å². The van der Waals surface area contributed by atoms with E-state index in [-0.39, 0.29) is 62.6 Å². The summed E-state index contributed by atoms with van der Waals surface area (Å²) in [4.78, 5) is 22.4. The number of hydrogen-bond acceptors (Lipinski definition) is 6. The van der Waals surface area contributed by atoms with Crippen LogP contribution in [0.15, 0.2) is 0 Å². The Morgan fingerprint density at radius 3 is 1.67 bits per heavy atom. The van der Waals surface area contributed by atoms with Crippen LogP contribution < -0.4 is 5.32 Å². The van der Waals surface area contributed by atoms with E-state index in [1.54, 1.807) is 4.90 Å². The number of hydrogen-bond donors (Lipinski definition) is 1. The molecule has 0 unspecified atom stereocenters. The Morgan fingerprint density at radius 1 is 0.926 bits per heavy atom. The van der Waals surface area contributed by atoms with E-state index < -0.39 is 11.8 Å². The van der Waals surface area contributed by atoms with Gasteiger partial charge in [0.15, 0.2) is 0 Å². The molecular weight excluding hydrogens is 440 g/mol. The first-order valence-electron chi connectivity index (χ1n) is 8.43. The fraction of sp³-hybridized carbons (Fsp3) is 0.875. The van der Waals surface area contributed by atoms with E-state index in [0.717, 1.165) is 0 Å². The van der Waals surface area contributed by atoms with Gasteiger partial charge in [-0.25, -0.2) is 17.6 Å². The van der Waals surface area contributed by atoms with Crippen LogP contribution in [-0.2, 0) is 19.1 Å². The Labute approximate surface area is 165 Å². The lowest BCUT2D eigenvalue weighted by Crippen LogP contribution is -2.41. The third-order valence-corrected chi connectivity index (χ3v) is 4.30. The number of likely N-dealkylation sites (tertiary alicyclic amines) is 1. The maximum Gasteiger partial charge on any atom is 0.319 e. The standard InChI is InChI=1S/C8H13F2NO2.C5H9F2N.C3H5BrO2/c1-13-7(12)6-11-4-2-8(9,10)3-5-11;6-5(7)1-3-8-4-2-5;1-6-3(5)2-4/h2-6H2,1H3;8H,1-4H2;2H2,1H3. The maximum absolute atomic E-state index is 12.7. The summed E-state index contributed by atoms with van der Waals surface area (Å²) < 4.78 is 58.3. The summed E-state index contributed by atoms with van der Waals surface area (Å²) in [5.74, 6) is -5.54. The highest BCUT2D eigenvalue weighted by Crippen LogP contribution is 2.27. The van der Waals surface area contributed by atoms with Gasteiger partial charge in [-0.15, -0.1) is 0 Å². The minimum atomic E-state index is -2.55. The zero-order valence-corrected chi connectivity index (χ0v) is 17.1. The smallest absolute Gasteiger partial charge is 0.319 e. The summed E-state index contributed by atoms with van der Waals surface area (Å²) in [6.45, 7) is 1.58. The van der Waals surface area contributed by atoms with E-state index in [4.69, 9.17) is 0 Å². The SMILES string of the molecule is COC(=O)CBr.COC(=O)CN1CCC(F)(F)CC1.FC1(F)CCNCC1. The van der Waals surface area contributed by atoms with E-state index in [9.17, 15) is 27.2 Å². The predicted molar refractivity (Wildman–Crippen MR) is 95.5 cm³/mol. The van der Waals surface area contributed by atoms with E-state index in [1.807, 2.05) is 0 Å². The molecule has 2 saturated heterocycles. The van der Waals surface area contributed by atoms with Gasteiger partial charge in [-0.3, -0.25) is 14.5 Å². The lowest BCUT2D eigenvalue weighted by molar-refractivity contribution is -0.143. The zero-order chi connectivity index (χ0) is 20.9. The van der Waals surface area contributed by atoms with Gasteiger partial charge >= 0.3 is 11.9 Å². The van der Waals surface area contributed by atoms with Crippen LogP contribution in [0.5, 0.6) is 0 Å². The van der Waals surface area contributed by atoms with Crippen molar-refractivity contribution in [3.05, 3.63) is 0 Å². The third kappa shape index (κ3) is 13.8. The molecule has 11 heteroatoms. The fourth-order valence-corrected chi connectivity index (χ4v) is 2.36. The summed E-state index contributed by atoms with van der Waals surface area (Å²) in [7, 11) is 2.64. The van der Waals surface area contributed by atoms with Crippen LogP contribution in [0.3, 0.4) is 0 Å². The number of ether oxygens (including phenoxy) is 2. The number of rotatable bonds is 3.